The smallest absolute Gasteiger partial charge is 0.191 e. The molecule has 2 heterocycles. The molecule has 148 valence electrons. The van der Waals surface area contributed by atoms with Crippen LogP contribution in [0, 0.1) is 5.92 Å². The Morgan fingerprint density at radius 3 is 2.44 bits per heavy atom. The number of aliphatic imine (C=N–C) groups is 1. The molecule has 25 heavy (non-hydrogen) atoms. The van der Waals surface area contributed by atoms with Crippen LogP contribution in [0.15, 0.2) is 4.99 Å². The van der Waals surface area contributed by atoms with Crippen molar-refractivity contribution in [1.29, 1.82) is 0 Å². The van der Waals surface area contributed by atoms with Gasteiger partial charge < -0.3 is 20.3 Å². The molecular formula is C18H38IN5O. The third kappa shape index (κ3) is 9.96. The van der Waals surface area contributed by atoms with Crippen molar-refractivity contribution in [2.75, 3.05) is 72.1 Å². The zero-order valence-corrected chi connectivity index (χ0v) is 18.5. The molecule has 2 rings (SSSR count). The summed E-state index contributed by atoms with van der Waals surface area (Å²) >= 11 is 0. The Bertz CT molecular complexity index is 357. The molecule has 0 aliphatic carbocycles. The van der Waals surface area contributed by atoms with Crippen LogP contribution in [0.3, 0.4) is 0 Å². The van der Waals surface area contributed by atoms with Crippen molar-refractivity contribution >= 4 is 29.9 Å². The number of halogens is 1. The number of nitrogens with zero attached hydrogens (tertiary/aromatic N) is 3. The highest BCUT2D eigenvalue weighted by atomic mass is 127. The molecule has 2 N–H and O–H groups in total. The van der Waals surface area contributed by atoms with E-state index in [0.717, 1.165) is 65.0 Å². The average molecular weight is 467 g/mol. The summed E-state index contributed by atoms with van der Waals surface area (Å²) in [6, 6.07) is 0. The molecule has 2 aliphatic heterocycles. The van der Waals surface area contributed by atoms with Crippen molar-refractivity contribution in [2.24, 2.45) is 10.9 Å². The summed E-state index contributed by atoms with van der Waals surface area (Å²) in [6.45, 7) is 15.8. The molecule has 0 saturated carbocycles. The third-order valence-electron chi connectivity index (χ3n) is 4.75. The first kappa shape index (κ1) is 22.9. The zero-order valence-electron chi connectivity index (χ0n) is 16.1. The summed E-state index contributed by atoms with van der Waals surface area (Å²) in [5.41, 5.74) is 0. The predicted octanol–water partition coefficient (Wildman–Crippen LogP) is 1.61. The molecule has 0 aromatic carbocycles. The Balaban J connectivity index is 0.00000312. The second-order valence-electron chi connectivity index (χ2n) is 7.07. The van der Waals surface area contributed by atoms with Crippen LogP contribution in [0.5, 0.6) is 0 Å². The van der Waals surface area contributed by atoms with E-state index in [2.05, 4.69) is 34.3 Å². The molecule has 0 bridgehead atoms. The van der Waals surface area contributed by atoms with Crippen LogP contribution in [0.25, 0.3) is 0 Å². The van der Waals surface area contributed by atoms with Gasteiger partial charge >= 0.3 is 0 Å². The summed E-state index contributed by atoms with van der Waals surface area (Å²) in [4.78, 5) is 9.82. The molecule has 2 aliphatic rings. The number of nitrogens with one attached hydrogen (secondary N) is 2. The van der Waals surface area contributed by atoms with Gasteiger partial charge in [-0.2, -0.15) is 0 Å². The maximum absolute atomic E-state index is 5.41. The van der Waals surface area contributed by atoms with E-state index in [9.17, 15) is 0 Å². The molecule has 0 aromatic heterocycles. The molecule has 0 amide bonds. The lowest BCUT2D eigenvalue weighted by atomic mass is 10.1. The van der Waals surface area contributed by atoms with Gasteiger partial charge in [0.1, 0.15) is 0 Å². The Morgan fingerprint density at radius 1 is 1.04 bits per heavy atom. The van der Waals surface area contributed by atoms with E-state index < -0.39 is 0 Å². The van der Waals surface area contributed by atoms with Crippen molar-refractivity contribution in [3.63, 3.8) is 0 Å². The van der Waals surface area contributed by atoms with Crippen LogP contribution in [0.1, 0.15) is 33.1 Å². The number of rotatable bonds is 8. The molecule has 0 radical (unpaired) electrons. The number of likely N-dealkylation sites (tertiary alicyclic amines) is 1. The minimum Gasteiger partial charge on any atom is -0.379 e. The summed E-state index contributed by atoms with van der Waals surface area (Å²) in [5, 5.41) is 6.86. The van der Waals surface area contributed by atoms with Gasteiger partial charge in [-0.1, -0.05) is 13.3 Å². The Kier molecular flexibility index (Phi) is 12.8. The van der Waals surface area contributed by atoms with Gasteiger partial charge in [0, 0.05) is 45.8 Å². The predicted molar refractivity (Wildman–Crippen MR) is 116 cm³/mol. The van der Waals surface area contributed by atoms with Gasteiger partial charge in [0.15, 0.2) is 5.96 Å². The molecule has 1 atom stereocenters. The second kappa shape index (κ2) is 14.0. The highest BCUT2D eigenvalue weighted by Crippen LogP contribution is 2.07. The number of hydrogen-bond donors (Lipinski definition) is 2. The van der Waals surface area contributed by atoms with Crippen LogP contribution in [0.4, 0.5) is 0 Å². The molecule has 2 saturated heterocycles. The van der Waals surface area contributed by atoms with E-state index in [4.69, 9.17) is 9.73 Å². The molecule has 0 aromatic rings. The quantitative estimate of drug-likeness (QED) is 0.323. The van der Waals surface area contributed by atoms with Crippen LogP contribution in [0.2, 0.25) is 0 Å². The Labute approximate surface area is 171 Å². The lowest BCUT2D eigenvalue weighted by Crippen LogP contribution is -2.43. The fourth-order valence-electron chi connectivity index (χ4n) is 3.39. The minimum absolute atomic E-state index is 0. The van der Waals surface area contributed by atoms with Crippen molar-refractivity contribution in [3.05, 3.63) is 0 Å². The molecule has 1 unspecified atom stereocenters. The van der Waals surface area contributed by atoms with Gasteiger partial charge in [0.25, 0.3) is 0 Å². The van der Waals surface area contributed by atoms with Crippen molar-refractivity contribution in [1.82, 2.24) is 20.4 Å². The normalized spacial score (nSPS) is 21.4. The van der Waals surface area contributed by atoms with Gasteiger partial charge in [-0.15, -0.1) is 24.0 Å². The second-order valence-corrected chi connectivity index (χ2v) is 7.07. The standard InChI is InChI=1S/C18H37N5O.HI/c1-3-19-18(20-7-10-22-8-5-4-6-9-22)21-15-17(2)16-23-11-13-24-14-12-23;/h17H,3-16H2,1-2H3,(H2,19,20,21);1H. The first-order chi connectivity index (χ1) is 11.8. The van der Waals surface area contributed by atoms with Gasteiger partial charge in [0.05, 0.1) is 13.2 Å². The summed E-state index contributed by atoms with van der Waals surface area (Å²) < 4.78 is 5.41. The number of morpholine rings is 1. The summed E-state index contributed by atoms with van der Waals surface area (Å²) in [7, 11) is 0. The van der Waals surface area contributed by atoms with E-state index in [-0.39, 0.29) is 24.0 Å². The first-order valence-corrected chi connectivity index (χ1v) is 9.82. The SMILES string of the molecule is CCNC(=NCC(C)CN1CCOCC1)NCCN1CCCCC1.I. The van der Waals surface area contributed by atoms with E-state index in [0.29, 0.717) is 5.92 Å². The lowest BCUT2D eigenvalue weighted by Gasteiger charge is -2.28. The molecule has 0 spiro atoms. The molecule has 6 nitrogen and oxygen atoms in total. The van der Waals surface area contributed by atoms with Crippen LogP contribution >= 0.6 is 24.0 Å². The number of hydrogen-bond acceptors (Lipinski definition) is 4. The monoisotopic (exact) mass is 467 g/mol. The average Bonchev–Trinajstić information content (AvgIpc) is 2.61. The Morgan fingerprint density at radius 2 is 1.76 bits per heavy atom. The van der Waals surface area contributed by atoms with E-state index in [1.54, 1.807) is 0 Å². The lowest BCUT2D eigenvalue weighted by molar-refractivity contribution is 0.0323. The third-order valence-corrected chi connectivity index (χ3v) is 4.75. The van der Waals surface area contributed by atoms with Crippen molar-refractivity contribution in [2.45, 2.75) is 33.1 Å². The minimum atomic E-state index is 0. The number of piperidine rings is 1. The highest BCUT2D eigenvalue weighted by molar-refractivity contribution is 14.0. The van der Waals surface area contributed by atoms with Gasteiger partial charge in [-0.05, 0) is 38.8 Å². The van der Waals surface area contributed by atoms with Gasteiger partial charge in [-0.3, -0.25) is 9.89 Å². The molecule has 2 fully saturated rings. The number of guanidine groups is 1. The molecular weight excluding hydrogens is 429 g/mol. The highest BCUT2D eigenvalue weighted by Gasteiger charge is 2.14. The van der Waals surface area contributed by atoms with Crippen molar-refractivity contribution < 1.29 is 4.74 Å². The summed E-state index contributed by atoms with van der Waals surface area (Å²) in [5.74, 6) is 1.53. The van der Waals surface area contributed by atoms with E-state index in [1.807, 2.05) is 0 Å². The fourth-order valence-corrected chi connectivity index (χ4v) is 3.39. The first-order valence-electron chi connectivity index (χ1n) is 9.82. The topological polar surface area (TPSA) is 52.1 Å². The Hall–Kier alpha value is -0.120. The van der Waals surface area contributed by atoms with Crippen LogP contribution in [-0.2, 0) is 4.74 Å². The van der Waals surface area contributed by atoms with E-state index >= 15 is 0 Å². The van der Waals surface area contributed by atoms with Gasteiger partial charge in [0.2, 0.25) is 0 Å². The van der Waals surface area contributed by atoms with Crippen molar-refractivity contribution in [3.8, 4) is 0 Å². The molecule has 7 heteroatoms. The maximum Gasteiger partial charge on any atom is 0.191 e. The largest absolute Gasteiger partial charge is 0.379 e. The van der Waals surface area contributed by atoms with Crippen LogP contribution in [-0.4, -0.2) is 87.9 Å². The maximum atomic E-state index is 5.41. The van der Waals surface area contributed by atoms with E-state index in [1.165, 1.54) is 32.4 Å². The fraction of sp³-hybridized carbons (Fsp3) is 0.944. The zero-order chi connectivity index (χ0) is 17.0. The van der Waals surface area contributed by atoms with Crippen LogP contribution < -0.4 is 10.6 Å². The summed E-state index contributed by atoms with van der Waals surface area (Å²) in [6.07, 6.45) is 4.11. The van der Waals surface area contributed by atoms with Gasteiger partial charge in [-0.25, -0.2) is 0 Å². The number of ether oxygens (including phenoxy) is 1.